The maximum Gasteiger partial charge on any atom is 0.339 e. The van der Waals surface area contributed by atoms with Crippen LogP contribution in [0, 0.1) is 6.92 Å². The zero-order valence-corrected chi connectivity index (χ0v) is 18.4. The summed E-state index contributed by atoms with van der Waals surface area (Å²) in [5.74, 6) is 0.571. The summed E-state index contributed by atoms with van der Waals surface area (Å²) >= 11 is 0. The SMILES string of the molecule is COc1ccc2c(c1)[C@@H](NS(=O)(=O)c1ccc(C)cc1)C(C(=O)OC(C)C)=C(C)O2. The molecule has 1 heterocycles. The molecule has 0 aliphatic carbocycles. The smallest absolute Gasteiger partial charge is 0.339 e. The molecule has 7 nitrogen and oxygen atoms in total. The van der Waals surface area contributed by atoms with Gasteiger partial charge in [0.15, 0.2) is 0 Å². The molecular weight excluding hydrogens is 406 g/mol. The lowest BCUT2D eigenvalue weighted by atomic mass is 9.95. The van der Waals surface area contributed by atoms with Crippen LogP contribution in [0.5, 0.6) is 11.5 Å². The predicted molar refractivity (Wildman–Crippen MR) is 112 cm³/mol. The maximum absolute atomic E-state index is 13.1. The first-order chi connectivity index (χ1) is 14.1. The summed E-state index contributed by atoms with van der Waals surface area (Å²) in [4.78, 5) is 12.9. The van der Waals surface area contributed by atoms with Crippen molar-refractivity contribution in [1.29, 1.82) is 0 Å². The molecule has 160 valence electrons. The van der Waals surface area contributed by atoms with Crippen LogP contribution in [0.3, 0.4) is 0 Å². The Balaban J connectivity index is 2.10. The number of esters is 1. The number of fused-ring (bicyclic) bond motifs is 1. The molecule has 0 amide bonds. The Morgan fingerprint density at radius 3 is 2.37 bits per heavy atom. The van der Waals surface area contributed by atoms with Gasteiger partial charge in [0, 0.05) is 5.56 Å². The molecule has 0 spiro atoms. The van der Waals surface area contributed by atoms with Crippen LogP contribution in [0.4, 0.5) is 0 Å². The molecule has 3 rings (SSSR count). The van der Waals surface area contributed by atoms with Crippen LogP contribution in [0.2, 0.25) is 0 Å². The van der Waals surface area contributed by atoms with Crippen molar-refractivity contribution in [3.8, 4) is 11.5 Å². The molecule has 1 N–H and O–H groups in total. The number of aryl methyl sites for hydroxylation is 1. The largest absolute Gasteiger partial charge is 0.497 e. The van der Waals surface area contributed by atoms with Crippen LogP contribution in [-0.4, -0.2) is 27.6 Å². The molecule has 8 heteroatoms. The van der Waals surface area contributed by atoms with Crippen molar-refractivity contribution >= 4 is 16.0 Å². The van der Waals surface area contributed by atoms with E-state index in [1.54, 1.807) is 51.1 Å². The quantitative estimate of drug-likeness (QED) is 0.702. The van der Waals surface area contributed by atoms with Gasteiger partial charge in [-0.05, 0) is 58.0 Å². The van der Waals surface area contributed by atoms with Gasteiger partial charge < -0.3 is 14.2 Å². The van der Waals surface area contributed by atoms with Gasteiger partial charge >= 0.3 is 5.97 Å². The molecule has 30 heavy (non-hydrogen) atoms. The van der Waals surface area contributed by atoms with Gasteiger partial charge in [0.05, 0.1) is 29.7 Å². The lowest BCUT2D eigenvalue weighted by molar-refractivity contribution is -0.143. The third kappa shape index (κ3) is 4.49. The van der Waals surface area contributed by atoms with E-state index in [4.69, 9.17) is 14.2 Å². The van der Waals surface area contributed by atoms with E-state index in [0.717, 1.165) is 5.56 Å². The van der Waals surface area contributed by atoms with Gasteiger partial charge in [0.25, 0.3) is 0 Å². The summed E-state index contributed by atoms with van der Waals surface area (Å²) in [6.07, 6.45) is -0.376. The van der Waals surface area contributed by atoms with Crippen molar-refractivity contribution in [3.63, 3.8) is 0 Å². The maximum atomic E-state index is 13.1. The van der Waals surface area contributed by atoms with Gasteiger partial charge in [0.1, 0.15) is 17.3 Å². The highest BCUT2D eigenvalue weighted by Crippen LogP contribution is 2.41. The highest BCUT2D eigenvalue weighted by molar-refractivity contribution is 7.89. The summed E-state index contributed by atoms with van der Waals surface area (Å²) in [7, 11) is -2.44. The average molecular weight is 432 g/mol. The zero-order chi connectivity index (χ0) is 22.1. The molecule has 1 aliphatic rings. The number of hydrogen-bond donors (Lipinski definition) is 1. The van der Waals surface area contributed by atoms with Crippen molar-refractivity contribution in [2.45, 2.75) is 44.7 Å². The second-order valence-electron chi connectivity index (χ2n) is 7.30. The molecule has 1 atom stereocenters. The fraction of sp³-hybridized carbons (Fsp3) is 0.318. The molecule has 0 saturated carbocycles. The molecule has 0 fully saturated rings. The Hall–Kier alpha value is -2.84. The first-order valence-electron chi connectivity index (χ1n) is 9.49. The molecular formula is C22H25NO6S. The lowest BCUT2D eigenvalue weighted by Crippen LogP contribution is -2.36. The number of ether oxygens (including phenoxy) is 3. The number of methoxy groups -OCH3 is 1. The summed E-state index contributed by atoms with van der Waals surface area (Å²) in [5.41, 5.74) is 1.50. The van der Waals surface area contributed by atoms with Crippen molar-refractivity contribution in [1.82, 2.24) is 4.72 Å². The Morgan fingerprint density at radius 1 is 1.10 bits per heavy atom. The van der Waals surface area contributed by atoms with Crippen molar-refractivity contribution in [3.05, 3.63) is 64.9 Å². The van der Waals surface area contributed by atoms with E-state index in [1.165, 1.54) is 19.2 Å². The minimum Gasteiger partial charge on any atom is -0.497 e. The Kier molecular flexibility index (Phi) is 6.19. The van der Waals surface area contributed by atoms with Crippen molar-refractivity contribution in [2.24, 2.45) is 0 Å². The standard InChI is InChI=1S/C22H25NO6S/c1-13(2)28-22(24)20-15(4)29-19-11-8-16(27-5)12-18(19)21(20)23-30(25,26)17-9-6-14(3)7-10-17/h6-13,21,23H,1-5H3/t21-/m1/s1. The second-order valence-corrected chi connectivity index (χ2v) is 9.01. The van der Waals surface area contributed by atoms with Crippen molar-refractivity contribution in [2.75, 3.05) is 7.11 Å². The van der Waals surface area contributed by atoms with E-state index in [-0.39, 0.29) is 22.3 Å². The molecule has 2 aromatic carbocycles. The number of allylic oxidation sites excluding steroid dienone is 1. The fourth-order valence-corrected chi connectivity index (χ4v) is 4.34. The van der Waals surface area contributed by atoms with Crippen LogP contribution in [0.25, 0.3) is 0 Å². The first-order valence-corrected chi connectivity index (χ1v) is 11.0. The average Bonchev–Trinajstić information content (AvgIpc) is 2.67. The summed E-state index contributed by atoms with van der Waals surface area (Å²) in [6.45, 7) is 6.92. The third-order valence-corrected chi connectivity index (χ3v) is 6.06. The van der Waals surface area contributed by atoms with E-state index in [9.17, 15) is 13.2 Å². The predicted octanol–water partition coefficient (Wildman–Crippen LogP) is 3.64. The molecule has 0 aromatic heterocycles. The molecule has 0 radical (unpaired) electrons. The number of benzene rings is 2. The number of sulfonamides is 1. The summed E-state index contributed by atoms with van der Waals surface area (Å²) in [5, 5.41) is 0. The van der Waals surface area contributed by atoms with Crippen molar-refractivity contribution < 1.29 is 27.4 Å². The Morgan fingerprint density at radius 2 is 1.77 bits per heavy atom. The van der Waals surface area contributed by atoms with Gasteiger partial charge in [-0.1, -0.05) is 17.7 Å². The first kappa shape index (κ1) is 21.9. The van der Waals surface area contributed by atoms with Crippen LogP contribution < -0.4 is 14.2 Å². The highest BCUT2D eigenvalue weighted by atomic mass is 32.2. The minimum absolute atomic E-state index is 0.0956. The molecule has 0 saturated heterocycles. The van der Waals surface area contributed by atoms with E-state index < -0.39 is 22.0 Å². The van der Waals surface area contributed by atoms with Crippen LogP contribution in [-0.2, 0) is 19.6 Å². The number of carbonyl (C=O) groups is 1. The highest BCUT2D eigenvalue weighted by Gasteiger charge is 2.37. The summed E-state index contributed by atoms with van der Waals surface area (Å²) in [6, 6.07) is 10.5. The van der Waals surface area contributed by atoms with E-state index in [0.29, 0.717) is 17.1 Å². The minimum atomic E-state index is -3.95. The number of carbonyl (C=O) groups excluding carboxylic acids is 1. The van der Waals surface area contributed by atoms with Crippen LogP contribution in [0.15, 0.2) is 58.7 Å². The zero-order valence-electron chi connectivity index (χ0n) is 17.6. The van der Waals surface area contributed by atoms with E-state index in [2.05, 4.69) is 4.72 Å². The number of rotatable bonds is 6. The molecule has 0 bridgehead atoms. The fourth-order valence-electron chi connectivity index (χ4n) is 3.15. The number of hydrogen-bond acceptors (Lipinski definition) is 6. The van der Waals surface area contributed by atoms with Crippen LogP contribution >= 0.6 is 0 Å². The molecule has 2 aromatic rings. The topological polar surface area (TPSA) is 90.9 Å². The monoisotopic (exact) mass is 431 g/mol. The van der Waals surface area contributed by atoms with Crippen LogP contribution in [0.1, 0.15) is 37.9 Å². The van der Waals surface area contributed by atoms with Gasteiger partial charge in [-0.15, -0.1) is 0 Å². The van der Waals surface area contributed by atoms with Gasteiger partial charge in [0.2, 0.25) is 10.0 Å². The molecule has 0 unspecified atom stereocenters. The Labute approximate surface area is 176 Å². The lowest BCUT2D eigenvalue weighted by Gasteiger charge is -2.29. The molecule has 1 aliphatic heterocycles. The Bertz CT molecular complexity index is 1090. The van der Waals surface area contributed by atoms with Gasteiger partial charge in [-0.2, -0.15) is 4.72 Å². The number of nitrogens with one attached hydrogen (secondary N) is 1. The third-order valence-electron chi connectivity index (χ3n) is 4.63. The normalized spacial score (nSPS) is 16.1. The summed E-state index contributed by atoms with van der Waals surface area (Å²) < 4.78 is 45.3. The van der Waals surface area contributed by atoms with Gasteiger partial charge in [-0.25, -0.2) is 13.2 Å². The van der Waals surface area contributed by atoms with E-state index >= 15 is 0 Å². The second kappa shape index (κ2) is 8.49. The van der Waals surface area contributed by atoms with Gasteiger partial charge in [-0.3, -0.25) is 0 Å². The van der Waals surface area contributed by atoms with E-state index in [1.807, 2.05) is 6.92 Å².